The maximum absolute atomic E-state index is 13.6. The molecule has 7 aromatic rings. The second-order valence-corrected chi connectivity index (χ2v) is 14.7. The third-order valence-corrected chi connectivity index (χ3v) is 11.0. The monoisotopic (exact) mass is 728 g/mol. The third-order valence-electron chi connectivity index (χ3n) is 11.0. The Morgan fingerprint density at radius 1 is 0.286 bits per heavy atom. The van der Waals surface area contributed by atoms with Gasteiger partial charge in [-0.15, -0.1) is 0 Å². The Balaban J connectivity index is 0.928. The van der Waals surface area contributed by atoms with Crippen LogP contribution in [-0.4, -0.2) is 23.6 Å². The number of carbonyl (C=O) groups excluding carboxylic acids is 4. The van der Waals surface area contributed by atoms with E-state index < -0.39 is 0 Å². The summed E-state index contributed by atoms with van der Waals surface area (Å²) in [6.07, 6.45) is 0. The van der Waals surface area contributed by atoms with Crippen LogP contribution in [0.5, 0.6) is 0 Å². The first-order valence-electron chi connectivity index (χ1n) is 18.6. The highest BCUT2D eigenvalue weighted by atomic mass is 16.2. The summed E-state index contributed by atoms with van der Waals surface area (Å²) < 4.78 is 0. The van der Waals surface area contributed by atoms with Crippen LogP contribution in [0, 0.1) is 27.7 Å². The Labute approximate surface area is 325 Å². The summed E-state index contributed by atoms with van der Waals surface area (Å²) in [6, 6.07) is 46.5. The maximum Gasteiger partial charge on any atom is 0.266 e. The van der Waals surface area contributed by atoms with E-state index in [-0.39, 0.29) is 23.6 Å². The van der Waals surface area contributed by atoms with Crippen molar-refractivity contribution < 1.29 is 19.2 Å². The van der Waals surface area contributed by atoms with Crippen LogP contribution >= 0.6 is 0 Å². The van der Waals surface area contributed by atoms with Crippen LogP contribution in [0.1, 0.15) is 63.7 Å². The molecular formula is C50H36N2O4. The fourth-order valence-corrected chi connectivity index (χ4v) is 7.86. The summed E-state index contributed by atoms with van der Waals surface area (Å²) >= 11 is 0. The van der Waals surface area contributed by atoms with Gasteiger partial charge in [0.25, 0.3) is 23.6 Å². The topological polar surface area (TPSA) is 74.8 Å². The van der Waals surface area contributed by atoms with Crippen LogP contribution in [0.4, 0.5) is 11.4 Å². The lowest BCUT2D eigenvalue weighted by Gasteiger charge is -2.17. The van der Waals surface area contributed by atoms with Gasteiger partial charge in [0.1, 0.15) is 0 Å². The second kappa shape index (κ2) is 13.3. The summed E-state index contributed by atoms with van der Waals surface area (Å²) in [5.74, 6) is -1.31. The SMILES string of the molecule is Cc1ccc(-c2ccc3c(c2)C(=O)N(c2ccc(-c4ccc(-c5ccc(N6C(=O)c7ccc(-c8ccc(C)cc8)cc7C6=O)cc5C)cc4C)cc2)C3=O)cc1. The van der Waals surface area contributed by atoms with E-state index in [1.54, 1.807) is 18.2 Å². The number of fused-ring (bicyclic) bond motifs is 2. The number of aryl methyl sites for hydroxylation is 4. The van der Waals surface area contributed by atoms with E-state index in [1.807, 2.05) is 130 Å². The number of hydrogen-bond donors (Lipinski definition) is 0. The molecule has 0 spiro atoms. The van der Waals surface area contributed by atoms with Gasteiger partial charge in [-0.25, -0.2) is 9.80 Å². The van der Waals surface area contributed by atoms with E-state index in [0.29, 0.717) is 33.6 Å². The van der Waals surface area contributed by atoms with Gasteiger partial charge in [0.05, 0.1) is 33.6 Å². The number of carbonyl (C=O) groups is 4. The number of imide groups is 2. The van der Waals surface area contributed by atoms with Crippen molar-refractivity contribution in [2.45, 2.75) is 27.7 Å². The van der Waals surface area contributed by atoms with E-state index in [4.69, 9.17) is 0 Å². The first-order chi connectivity index (χ1) is 27.0. The fourth-order valence-electron chi connectivity index (χ4n) is 7.86. The summed E-state index contributed by atoms with van der Waals surface area (Å²) in [5, 5.41) is 0. The van der Waals surface area contributed by atoms with Gasteiger partial charge in [0.15, 0.2) is 0 Å². The zero-order valence-electron chi connectivity index (χ0n) is 31.4. The number of benzene rings is 7. The van der Waals surface area contributed by atoms with Crippen LogP contribution in [0.25, 0.3) is 44.5 Å². The van der Waals surface area contributed by atoms with E-state index in [0.717, 1.165) is 66.8 Å². The second-order valence-electron chi connectivity index (χ2n) is 14.7. The molecule has 0 saturated carbocycles. The minimum atomic E-state index is -0.330. The number of hydrogen-bond acceptors (Lipinski definition) is 4. The van der Waals surface area contributed by atoms with Crippen molar-refractivity contribution in [3.63, 3.8) is 0 Å². The lowest BCUT2D eigenvalue weighted by atomic mass is 9.93. The molecule has 0 fully saturated rings. The minimum Gasteiger partial charge on any atom is -0.268 e. The number of amides is 4. The van der Waals surface area contributed by atoms with Gasteiger partial charge in [-0.05, 0) is 132 Å². The van der Waals surface area contributed by atoms with Gasteiger partial charge >= 0.3 is 0 Å². The Hall–Kier alpha value is -7.18. The lowest BCUT2D eigenvalue weighted by Crippen LogP contribution is -2.29. The van der Waals surface area contributed by atoms with Crippen LogP contribution in [0.3, 0.4) is 0 Å². The molecule has 0 N–H and O–H groups in total. The van der Waals surface area contributed by atoms with Crippen molar-refractivity contribution in [1.29, 1.82) is 0 Å². The molecule has 270 valence electrons. The first kappa shape index (κ1) is 34.6. The maximum atomic E-state index is 13.6. The van der Waals surface area contributed by atoms with Crippen LogP contribution in [0.15, 0.2) is 146 Å². The first-order valence-corrected chi connectivity index (χ1v) is 18.6. The quantitative estimate of drug-likeness (QED) is 0.160. The van der Waals surface area contributed by atoms with Crippen molar-refractivity contribution in [3.05, 3.63) is 190 Å². The van der Waals surface area contributed by atoms with E-state index in [9.17, 15) is 19.2 Å². The van der Waals surface area contributed by atoms with Gasteiger partial charge in [-0.2, -0.15) is 0 Å². The third kappa shape index (κ3) is 5.74. The molecule has 0 atom stereocenters. The zero-order chi connectivity index (χ0) is 38.8. The molecule has 7 aromatic carbocycles. The van der Waals surface area contributed by atoms with Crippen LogP contribution in [0.2, 0.25) is 0 Å². The van der Waals surface area contributed by atoms with E-state index in [1.165, 1.54) is 9.80 Å². The van der Waals surface area contributed by atoms with Crippen LogP contribution in [-0.2, 0) is 0 Å². The molecule has 9 rings (SSSR count). The minimum absolute atomic E-state index is 0.325. The molecule has 0 radical (unpaired) electrons. The predicted molar refractivity (Wildman–Crippen MR) is 222 cm³/mol. The van der Waals surface area contributed by atoms with Crippen molar-refractivity contribution in [2.24, 2.45) is 0 Å². The standard InChI is InChI=1S/C50H36N2O4/c1-29-5-9-33(10-6-29)36-15-22-43-45(27-36)49(55)51(47(43)53)39-18-13-35(14-19-39)41-21-17-38(25-31(41)3)42-24-20-40(26-32(42)4)52-48(54)44-23-16-37(28-46(44)50(52)56)34-11-7-30(2)8-12-34/h5-28H,1-4H3. The Morgan fingerprint density at radius 2 is 0.643 bits per heavy atom. The number of anilines is 2. The average Bonchev–Trinajstić information content (AvgIpc) is 3.61. The molecule has 2 aliphatic heterocycles. The normalized spacial score (nSPS) is 13.4. The number of rotatable bonds is 6. The largest absolute Gasteiger partial charge is 0.268 e. The van der Waals surface area contributed by atoms with Gasteiger partial charge in [0.2, 0.25) is 0 Å². The molecule has 2 heterocycles. The van der Waals surface area contributed by atoms with Crippen LogP contribution < -0.4 is 9.80 Å². The van der Waals surface area contributed by atoms with Gasteiger partial charge in [-0.1, -0.05) is 108 Å². The Kier molecular flexibility index (Phi) is 8.20. The predicted octanol–water partition coefficient (Wildman–Crippen LogP) is 11.2. The molecular weight excluding hydrogens is 693 g/mol. The Bertz CT molecular complexity index is 2800. The summed E-state index contributed by atoms with van der Waals surface area (Å²) in [4.78, 5) is 56.7. The van der Waals surface area contributed by atoms with Gasteiger partial charge in [-0.3, -0.25) is 19.2 Å². The van der Waals surface area contributed by atoms with Crippen molar-refractivity contribution in [2.75, 3.05) is 9.80 Å². The highest BCUT2D eigenvalue weighted by Gasteiger charge is 2.38. The van der Waals surface area contributed by atoms with Gasteiger partial charge < -0.3 is 0 Å². The highest BCUT2D eigenvalue weighted by molar-refractivity contribution is 6.35. The summed E-state index contributed by atoms with van der Waals surface area (Å²) in [7, 11) is 0. The van der Waals surface area contributed by atoms with Crippen molar-refractivity contribution in [3.8, 4) is 44.5 Å². The summed E-state index contributed by atoms with van der Waals surface area (Å²) in [6.45, 7) is 8.09. The molecule has 6 nitrogen and oxygen atoms in total. The van der Waals surface area contributed by atoms with E-state index >= 15 is 0 Å². The molecule has 0 aliphatic carbocycles. The Morgan fingerprint density at radius 3 is 1.14 bits per heavy atom. The molecule has 4 amide bonds. The molecule has 0 aromatic heterocycles. The average molecular weight is 729 g/mol. The fraction of sp³-hybridized carbons (Fsp3) is 0.0800. The van der Waals surface area contributed by atoms with Gasteiger partial charge in [0, 0.05) is 0 Å². The molecule has 0 unspecified atom stereocenters. The van der Waals surface area contributed by atoms with Crippen molar-refractivity contribution >= 4 is 35.0 Å². The summed E-state index contributed by atoms with van der Waals surface area (Å²) in [5.41, 5.74) is 14.7. The molecule has 56 heavy (non-hydrogen) atoms. The molecule has 0 bridgehead atoms. The lowest BCUT2D eigenvalue weighted by molar-refractivity contribution is 0.0910. The molecule has 2 aliphatic rings. The van der Waals surface area contributed by atoms with E-state index in [2.05, 4.69) is 25.1 Å². The number of nitrogens with zero attached hydrogens (tertiary/aromatic N) is 2. The molecule has 0 saturated heterocycles. The van der Waals surface area contributed by atoms with Crippen molar-refractivity contribution in [1.82, 2.24) is 0 Å². The highest BCUT2D eigenvalue weighted by Crippen LogP contribution is 2.37. The zero-order valence-corrected chi connectivity index (χ0v) is 31.4. The molecule has 6 heteroatoms. The smallest absolute Gasteiger partial charge is 0.266 e.